The molecule has 3 aromatic carbocycles. The first-order valence-electron chi connectivity index (χ1n) is 12.0. The van der Waals surface area contributed by atoms with E-state index in [0.29, 0.717) is 0 Å². The van der Waals surface area contributed by atoms with Crippen LogP contribution < -0.4 is 15.9 Å². The van der Waals surface area contributed by atoms with Crippen molar-refractivity contribution in [1.82, 2.24) is 14.7 Å². The van der Waals surface area contributed by atoms with Crippen molar-refractivity contribution >= 4 is 41.0 Å². The summed E-state index contributed by atoms with van der Waals surface area (Å²) in [5.74, 6) is 0. The van der Waals surface area contributed by atoms with Crippen molar-refractivity contribution in [2.24, 2.45) is 0 Å². The SMILES string of the molecule is Cc1cccc(P(=S)(c2ccccc2)c2ccccc2)c1CC[PH]12CN3CN(CN(C3)C1)C2. The van der Waals surface area contributed by atoms with E-state index in [1.54, 1.807) is 0 Å². The summed E-state index contributed by atoms with van der Waals surface area (Å²) in [6.07, 6.45) is 6.68. The van der Waals surface area contributed by atoms with Gasteiger partial charge in [0.1, 0.15) is 0 Å². The van der Waals surface area contributed by atoms with E-state index in [1.807, 2.05) is 0 Å². The van der Waals surface area contributed by atoms with Crippen LogP contribution >= 0.6 is 13.3 Å². The fourth-order valence-electron chi connectivity index (χ4n) is 6.49. The number of nitrogens with zero attached hydrogens (tertiary/aromatic N) is 3. The van der Waals surface area contributed by atoms with Gasteiger partial charge in [0.25, 0.3) is 0 Å². The third-order valence-electron chi connectivity index (χ3n) is 7.75. The number of hydrogen-bond acceptors (Lipinski definition) is 4. The average molecular weight is 494 g/mol. The van der Waals surface area contributed by atoms with E-state index < -0.39 is 13.3 Å². The van der Waals surface area contributed by atoms with Crippen molar-refractivity contribution in [3.63, 3.8) is 0 Å². The van der Waals surface area contributed by atoms with E-state index >= 15 is 0 Å². The molecule has 4 bridgehead atoms. The molecule has 3 aromatic rings. The zero-order chi connectivity index (χ0) is 22.5. The van der Waals surface area contributed by atoms with Crippen molar-refractivity contribution in [1.29, 1.82) is 0 Å². The van der Waals surface area contributed by atoms with Crippen molar-refractivity contribution in [2.45, 2.75) is 13.3 Å². The number of rotatable bonds is 6. The van der Waals surface area contributed by atoms with E-state index in [9.17, 15) is 0 Å². The molecule has 0 saturated carbocycles. The Morgan fingerprint density at radius 3 is 1.76 bits per heavy atom. The molecule has 0 aliphatic carbocycles. The number of aryl methyl sites for hydroxylation is 1. The third kappa shape index (κ3) is 3.96. The van der Waals surface area contributed by atoms with Crippen LogP contribution in [-0.4, -0.2) is 59.7 Å². The van der Waals surface area contributed by atoms with Gasteiger partial charge in [0.2, 0.25) is 0 Å². The van der Waals surface area contributed by atoms with Crippen LogP contribution in [0.15, 0.2) is 78.9 Å². The normalized spacial score (nSPS) is 26.3. The Hall–Kier alpha value is -1.38. The third-order valence-corrected chi connectivity index (χ3v) is 17.4. The van der Waals surface area contributed by atoms with Gasteiger partial charge >= 0.3 is 204 Å². The Kier molecular flexibility index (Phi) is 5.82. The molecule has 7 rings (SSSR count). The molecule has 33 heavy (non-hydrogen) atoms. The second-order valence-electron chi connectivity index (χ2n) is 10.3. The minimum absolute atomic E-state index is 1.17. The standard InChI is InChI=1S/C27H33N3P2S/c1-23-9-8-14-27(32(33,24-10-4-2-5-11-24)25-12-6-3-7-13-25)26(23)15-16-31-20-28-17-29(21-31)19-30(18-28)22-31/h2-14,31H,15-22H2,1H3. The average Bonchev–Trinajstić information content (AvgIpc) is 2.83. The van der Waals surface area contributed by atoms with Crippen LogP contribution in [0.25, 0.3) is 0 Å². The van der Waals surface area contributed by atoms with Crippen LogP contribution in [0.3, 0.4) is 0 Å². The summed E-state index contributed by atoms with van der Waals surface area (Å²) in [7, 11) is -1.34. The summed E-state index contributed by atoms with van der Waals surface area (Å²) in [5.41, 5.74) is 2.94. The van der Waals surface area contributed by atoms with Crippen molar-refractivity contribution < 1.29 is 0 Å². The van der Waals surface area contributed by atoms with Crippen LogP contribution in [0, 0.1) is 6.92 Å². The molecule has 0 unspecified atom stereocenters. The van der Waals surface area contributed by atoms with Gasteiger partial charge in [-0.15, -0.1) is 0 Å². The first kappa shape index (κ1) is 22.1. The number of hydrogen-bond donors (Lipinski definition) is 0. The molecule has 4 aliphatic rings. The fraction of sp³-hybridized carbons (Fsp3) is 0.333. The van der Waals surface area contributed by atoms with E-state index in [-0.39, 0.29) is 0 Å². The van der Waals surface area contributed by atoms with Gasteiger partial charge in [-0.3, -0.25) is 0 Å². The Morgan fingerprint density at radius 1 is 0.727 bits per heavy atom. The fourth-order valence-corrected chi connectivity index (χ4v) is 15.7. The Labute approximate surface area is 203 Å². The zero-order valence-corrected chi connectivity index (χ0v) is 22.1. The van der Waals surface area contributed by atoms with E-state index in [1.165, 1.54) is 78.5 Å². The van der Waals surface area contributed by atoms with Gasteiger partial charge in [-0.25, -0.2) is 0 Å². The van der Waals surface area contributed by atoms with Gasteiger partial charge in [-0.2, -0.15) is 0 Å². The van der Waals surface area contributed by atoms with Crippen LogP contribution in [0.1, 0.15) is 11.1 Å². The molecule has 4 aliphatic heterocycles. The van der Waals surface area contributed by atoms with Crippen LogP contribution in [0.5, 0.6) is 0 Å². The summed E-state index contributed by atoms with van der Waals surface area (Å²) in [5, 5.41) is 4.01. The molecule has 4 saturated heterocycles. The summed E-state index contributed by atoms with van der Waals surface area (Å²) < 4.78 is 0. The second kappa shape index (κ2) is 8.68. The molecule has 172 valence electrons. The molecular formula is C27H33N3P2S. The molecule has 6 heteroatoms. The van der Waals surface area contributed by atoms with Crippen LogP contribution in [-0.2, 0) is 18.2 Å². The molecule has 0 radical (unpaired) electrons. The Morgan fingerprint density at radius 2 is 1.24 bits per heavy atom. The first-order valence-corrected chi connectivity index (χ1v) is 17.7. The second-order valence-corrected chi connectivity index (χ2v) is 19.1. The van der Waals surface area contributed by atoms with Gasteiger partial charge < -0.3 is 0 Å². The summed E-state index contributed by atoms with van der Waals surface area (Å²) in [4.78, 5) is 8.08. The Bertz CT molecular complexity index is 1120. The molecule has 0 spiro atoms. The monoisotopic (exact) mass is 493 g/mol. The zero-order valence-electron chi connectivity index (χ0n) is 19.4. The first-order chi connectivity index (χ1) is 16.1. The maximum absolute atomic E-state index is 6.73. The van der Waals surface area contributed by atoms with Crippen LogP contribution in [0.2, 0.25) is 0 Å². The topological polar surface area (TPSA) is 9.72 Å². The van der Waals surface area contributed by atoms with E-state index in [2.05, 4.69) is 100 Å². The molecule has 0 atom stereocenters. The molecule has 4 heterocycles. The maximum atomic E-state index is 6.73. The molecule has 0 aromatic heterocycles. The van der Waals surface area contributed by atoms with Gasteiger partial charge in [0.15, 0.2) is 0 Å². The van der Waals surface area contributed by atoms with Crippen molar-refractivity contribution in [3.8, 4) is 0 Å². The quantitative estimate of drug-likeness (QED) is 0.484. The van der Waals surface area contributed by atoms with Crippen molar-refractivity contribution in [3.05, 3.63) is 90.0 Å². The predicted molar refractivity (Wildman–Crippen MR) is 149 cm³/mol. The Balaban J connectivity index is 1.41. The molecule has 0 N–H and O–H groups in total. The van der Waals surface area contributed by atoms with Crippen LogP contribution in [0.4, 0.5) is 0 Å². The summed E-state index contributed by atoms with van der Waals surface area (Å²) in [6.45, 7) is 5.85. The molecule has 0 amide bonds. The van der Waals surface area contributed by atoms with E-state index in [4.69, 9.17) is 11.8 Å². The predicted octanol–water partition coefficient (Wildman–Crippen LogP) is 3.74. The molecular weight excluding hydrogens is 460 g/mol. The van der Waals surface area contributed by atoms with E-state index in [0.717, 1.165) is 0 Å². The minimum atomic E-state index is -2.13. The molecule has 3 nitrogen and oxygen atoms in total. The summed E-state index contributed by atoms with van der Waals surface area (Å²) in [6, 6.07) is 26.5. The van der Waals surface area contributed by atoms with Gasteiger partial charge in [0.05, 0.1) is 0 Å². The number of benzene rings is 3. The van der Waals surface area contributed by atoms with Gasteiger partial charge in [0, 0.05) is 0 Å². The van der Waals surface area contributed by atoms with Gasteiger partial charge in [-0.05, 0) is 0 Å². The van der Waals surface area contributed by atoms with Gasteiger partial charge in [-0.1, -0.05) is 0 Å². The molecule has 4 fully saturated rings. The summed E-state index contributed by atoms with van der Waals surface area (Å²) >= 11 is 6.73. The van der Waals surface area contributed by atoms with Crippen molar-refractivity contribution in [2.75, 3.05) is 45.0 Å².